The standard InChI is InChI=1S/C23H22ClN3O3/c1-14-4-3-5-15(8-14)13-30-22-11-18(24)16(9-21(22)29-2)12-25-17-6-7-19-20(10-17)27-23(28)26-19/h3-11,25H,12-13H2,1-2H3,(H2,26,27,28). The summed E-state index contributed by atoms with van der Waals surface area (Å²) < 4.78 is 11.5. The molecule has 6 nitrogen and oxygen atoms in total. The predicted molar refractivity (Wildman–Crippen MR) is 120 cm³/mol. The first-order valence-corrected chi connectivity index (χ1v) is 9.90. The first-order chi connectivity index (χ1) is 14.5. The number of benzene rings is 3. The lowest BCUT2D eigenvalue weighted by atomic mass is 10.1. The Bertz CT molecular complexity index is 1250. The Labute approximate surface area is 178 Å². The van der Waals surface area contributed by atoms with E-state index in [1.54, 1.807) is 13.2 Å². The lowest BCUT2D eigenvalue weighted by molar-refractivity contribution is 0.284. The van der Waals surface area contributed by atoms with E-state index in [-0.39, 0.29) is 5.69 Å². The zero-order valence-electron chi connectivity index (χ0n) is 16.7. The van der Waals surface area contributed by atoms with E-state index >= 15 is 0 Å². The van der Waals surface area contributed by atoms with Crippen LogP contribution in [0.4, 0.5) is 5.69 Å². The van der Waals surface area contributed by atoms with E-state index in [9.17, 15) is 4.79 Å². The topological polar surface area (TPSA) is 79.1 Å². The fourth-order valence-electron chi connectivity index (χ4n) is 3.29. The molecular formula is C23H22ClN3O3. The zero-order chi connectivity index (χ0) is 21.1. The van der Waals surface area contributed by atoms with Crippen molar-refractivity contribution in [3.8, 4) is 11.5 Å². The van der Waals surface area contributed by atoms with E-state index in [0.717, 1.165) is 27.8 Å². The molecule has 0 atom stereocenters. The lowest BCUT2D eigenvalue weighted by Gasteiger charge is -2.15. The smallest absolute Gasteiger partial charge is 0.323 e. The van der Waals surface area contributed by atoms with Crippen molar-refractivity contribution in [3.05, 3.63) is 86.8 Å². The number of aryl methyl sites for hydroxylation is 1. The Kier molecular flexibility index (Phi) is 5.68. The molecule has 0 aliphatic rings. The van der Waals surface area contributed by atoms with Crippen molar-refractivity contribution in [1.82, 2.24) is 9.97 Å². The second-order valence-electron chi connectivity index (χ2n) is 7.07. The van der Waals surface area contributed by atoms with Crippen LogP contribution in [0, 0.1) is 6.92 Å². The number of nitrogens with one attached hydrogen (secondary N) is 3. The number of ether oxygens (including phenoxy) is 2. The van der Waals surface area contributed by atoms with Crippen molar-refractivity contribution in [2.24, 2.45) is 0 Å². The van der Waals surface area contributed by atoms with Crippen molar-refractivity contribution in [2.45, 2.75) is 20.1 Å². The SMILES string of the molecule is COc1cc(CNc2ccc3[nH]c(=O)[nH]c3c2)c(Cl)cc1OCc1cccc(C)c1. The van der Waals surface area contributed by atoms with Gasteiger partial charge >= 0.3 is 5.69 Å². The highest BCUT2D eigenvalue weighted by molar-refractivity contribution is 6.31. The Balaban J connectivity index is 1.48. The third-order valence-corrected chi connectivity index (χ3v) is 5.16. The molecule has 4 aromatic rings. The number of halogens is 1. The highest BCUT2D eigenvalue weighted by Crippen LogP contribution is 2.34. The number of methoxy groups -OCH3 is 1. The molecule has 0 unspecified atom stereocenters. The molecule has 7 heteroatoms. The highest BCUT2D eigenvalue weighted by atomic mass is 35.5. The van der Waals surface area contributed by atoms with Gasteiger partial charge in [-0.3, -0.25) is 0 Å². The number of fused-ring (bicyclic) bond motifs is 1. The average molecular weight is 424 g/mol. The Morgan fingerprint density at radius 3 is 2.63 bits per heavy atom. The maximum absolute atomic E-state index is 11.4. The van der Waals surface area contributed by atoms with Crippen LogP contribution in [0.15, 0.2) is 59.4 Å². The third kappa shape index (κ3) is 4.44. The number of hydrogen-bond acceptors (Lipinski definition) is 4. The molecule has 4 rings (SSSR count). The molecule has 30 heavy (non-hydrogen) atoms. The number of imidazole rings is 1. The number of rotatable bonds is 7. The molecule has 0 fully saturated rings. The second kappa shape index (κ2) is 8.55. The fourth-order valence-corrected chi connectivity index (χ4v) is 3.51. The van der Waals surface area contributed by atoms with Crippen LogP contribution in [0.2, 0.25) is 5.02 Å². The van der Waals surface area contributed by atoms with Crippen LogP contribution in [-0.4, -0.2) is 17.1 Å². The van der Waals surface area contributed by atoms with Crippen molar-refractivity contribution in [1.29, 1.82) is 0 Å². The number of aromatic amines is 2. The molecule has 154 valence electrons. The van der Waals surface area contributed by atoms with E-state index in [0.29, 0.717) is 29.7 Å². The molecule has 1 aromatic heterocycles. The summed E-state index contributed by atoms with van der Waals surface area (Å²) in [6.07, 6.45) is 0. The van der Waals surface area contributed by atoms with Gasteiger partial charge in [0.1, 0.15) is 6.61 Å². The first-order valence-electron chi connectivity index (χ1n) is 9.52. The van der Waals surface area contributed by atoms with Gasteiger partial charge in [-0.25, -0.2) is 4.79 Å². The molecule has 0 amide bonds. The van der Waals surface area contributed by atoms with Crippen LogP contribution in [0.3, 0.4) is 0 Å². The normalized spacial score (nSPS) is 10.9. The van der Waals surface area contributed by atoms with Crippen LogP contribution in [0.25, 0.3) is 11.0 Å². The molecule has 0 bridgehead atoms. The van der Waals surface area contributed by atoms with Crippen molar-refractivity contribution in [2.75, 3.05) is 12.4 Å². The van der Waals surface area contributed by atoms with Gasteiger partial charge in [0.2, 0.25) is 0 Å². The van der Waals surface area contributed by atoms with Crippen LogP contribution >= 0.6 is 11.6 Å². The molecule has 0 aliphatic carbocycles. The molecule has 0 aliphatic heterocycles. The summed E-state index contributed by atoms with van der Waals surface area (Å²) in [7, 11) is 1.61. The minimum absolute atomic E-state index is 0.226. The molecule has 0 spiro atoms. The summed E-state index contributed by atoms with van der Waals surface area (Å²) in [5.41, 5.74) is 5.29. The molecule has 3 aromatic carbocycles. The van der Waals surface area contributed by atoms with Gasteiger partial charge < -0.3 is 24.8 Å². The van der Waals surface area contributed by atoms with Gasteiger partial charge in [0.05, 0.1) is 18.1 Å². The van der Waals surface area contributed by atoms with Gasteiger partial charge in [0, 0.05) is 23.3 Å². The summed E-state index contributed by atoms with van der Waals surface area (Å²) in [5.74, 6) is 1.22. The number of anilines is 1. The molecule has 0 radical (unpaired) electrons. The first kappa shape index (κ1) is 19.9. The Morgan fingerprint density at radius 2 is 1.83 bits per heavy atom. The number of aromatic nitrogens is 2. The van der Waals surface area contributed by atoms with E-state index in [4.69, 9.17) is 21.1 Å². The summed E-state index contributed by atoms with van der Waals surface area (Å²) in [4.78, 5) is 16.9. The van der Waals surface area contributed by atoms with Gasteiger partial charge in [-0.15, -0.1) is 0 Å². The zero-order valence-corrected chi connectivity index (χ0v) is 17.5. The molecule has 0 saturated heterocycles. The van der Waals surface area contributed by atoms with Crippen LogP contribution in [0.1, 0.15) is 16.7 Å². The highest BCUT2D eigenvalue weighted by Gasteiger charge is 2.11. The van der Waals surface area contributed by atoms with Crippen LogP contribution in [-0.2, 0) is 13.2 Å². The maximum Gasteiger partial charge on any atom is 0.323 e. The Morgan fingerprint density at radius 1 is 1.00 bits per heavy atom. The predicted octanol–water partition coefficient (Wildman–Crippen LogP) is 5.02. The lowest BCUT2D eigenvalue weighted by Crippen LogP contribution is -2.03. The maximum atomic E-state index is 11.4. The summed E-state index contributed by atoms with van der Waals surface area (Å²) in [5, 5.41) is 3.90. The summed E-state index contributed by atoms with van der Waals surface area (Å²) in [6.45, 7) is 2.97. The molecular weight excluding hydrogens is 402 g/mol. The van der Waals surface area contributed by atoms with Gasteiger partial charge in [-0.1, -0.05) is 41.4 Å². The molecule has 3 N–H and O–H groups in total. The van der Waals surface area contributed by atoms with Crippen molar-refractivity contribution in [3.63, 3.8) is 0 Å². The molecule has 0 saturated carbocycles. The Hall–Kier alpha value is -3.38. The van der Waals surface area contributed by atoms with Crippen molar-refractivity contribution < 1.29 is 9.47 Å². The van der Waals surface area contributed by atoms with Gasteiger partial charge in [0.15, 0.2) is 11.5 Å². The van der Waals surface area contributed by atoms with Gasteiger partial charge in [-0.05, 0) is 42.3 Å². The monoisotopic (exact) mass is 423 g/mol. The quantitative estimate of drug-likeness (QED) is 0.390. The van der Waals surface area contributed by atoms with E-state index in [1.165, 1.54) is 5.56 Å². The van der Waals surface area contributed by atoms with Crippen LogP contribution < -0.4 is 20.5 Å². The van der Waals surface area contributed by atoms with E-state index in [2.05, 4.69) is 21.4 Å². The number of hydrogen-bond donors (Lipinski definition) is 3. The van der Waals surface area contributed by atoms with E-state index in [1.807, 2.05) is 49.4 Å². The van der Waals surface area contributed by atoms with Gasteiger partial charge in [-0.2, -0.15) is 0 Å². The summed E-state index contributed by atoms with van der Waals surface area (Å²) >= 11 is 6.50. The van der Waals surface area contributed by atoms with Crippen molar-refractivity contribution >= 4 is 28.3 Å². The average Bonchev–Trinajstić information content (AvgIpc) is 3.10. The minimum atomic E-state index is -0.226. The second-order valence-corrected chi connectivity index (χ2v) is 7.47. The molecule has 1 heterocycles. The number of H-pyrrole nitrogens is 2. The third-order valence-electron chi connectivity index (χ3n) is 4.81. The largest absolute Gasteiger partial charge is 0.493 e. The van der Waals surface area contributed by atoms with E-state index < -0.39 is 0 Å². The van der Waals surface area contributed by atoms with Gasteiger partial charge in [0.25, 0.3) is 0 Å². The minimum Gasteiger partial charge on any atom is -0.493 e. The fraction of sp³-hybridized carbons (Fsp3) is 0.174. The summed E-state index contributed by atoms with van der Waals surface area (Å²) in [6, 6.07) is 17.4. The van der Waals surface area contributed by atoms with Crippen LogP contribution in [0.5, 0.6) is 11.5 Å².